The van der Waals surface area contributed by atoms with Gasteiger partial charge in [0.05, 0.1) is 5.69 Å². The van der Waals surface area contributed by atoms with E-state index in [9.17, 15) is 9.59 Å². The molecule has 3 aromatic carbocycles. The molecule has 1 heterocycles. The Balaban J connectivity index is 1.53. The number of nitrogens with one attached hydrogen (secondary N) is 1. The van der Waals surface area contributed by atoms with Gasteiger partial charge in [0.1, 0.15) is 0 Å². The van der Waals surface area contributed by atoms with E-state index in [0.29, 0.717) is 24.3 Å². The molecule has 162 valence electrons. The first-order chi connectivity index (χ1) is 15.5. The van der Waals surface area contributed by atoms with E-state index < -0.39 is 0 Å². The first-order valence-electron chi connectivity index (χ1n) is 10.7. The third kappa shape index (κ3) is 5.29. The lowest BCUT2D eigenvalue weighted by molar-refractivity contribution is -0.114. The highest BCUT2D eigenvalue weighted by Crippen LogP contribution is 2.35. The van der Waals surface area contributed by atoms with E-state index in [4.69, 9.17) is 0 Å². The number of benzene rings is 3. The molecule has 0 saturated carbocycles. The van der Waals surface area contributed by atoms with Crippen molar-refractivity contribution < 1.29 is 9.59 Å². The molecule has 0 unspecified atom stereocenters. The Hall–Kier alpha value is -3.31. The fourth-order valence-electron chi connectivity index (χ4n) is 3.72. The average Bonchev–Trinajstić information content (AvgIpc) is 2.81. The number of carbonyl (C=O) groups is 2. The van der Waals surface area contributed by atoms with Crippen molar-refractivity contribution in [3.8, 4) is 0 Å². The maximum absolute atomic E-state index is 13.2. The van der Waals surface area contributed by atoms with Crippen LogP contribution in [0, 0.1) is 6.92 Å². The van der Waals surface area contributed by atoms with Crippen molar-refractivity contribution in [2.45, 2.75) is 30.1 Å². The Kier molecular flexibility index (Phi) is 6.76. The van der Waals surface area contributed by atoms with Gasteiger partial charge in [0.15, 0.2) is 0 Å². The quantitative estimate of drug-likeness (QED) is 0.524. The van der Waals surface area contributed by atoms with E-state index in [-0.39, 0.29) is 11.8 Å². The van der Waals surface area contributed by atoms with Crippen molar-refractivity contribution in [3.63, 3.8) is 0 Å². The standard InChI is InChI=1S/C27H26N2O2S/c1-19-8-11-24(12-9-19)32-26-13-10-23(18-25(26)28-20(2)30)27(31)29-16-14-22(15-17-29)21-6-4-3-5-7-21/h3-14,18H,15-17H2,1-2H3,(H,28,30). The first-order valence-corrected chi connectivity index (χ1v) is 11.5. The summed E-state index contributed by atoms with van der Waals surface area (Å²) in [7, 11) is 0. The van der Waals surface area contributed by atoms with Crippen LogP contribution in [-0.4, -0.2) is 29.8 Å². The van der Waals surface area contributed by atoms with Crippen LogP contribution in [0.2, 0.25) is 0 Å². The van der Waals surface area contributed by atoms with E-state index in [1.54, 1.807) is 17.8 Å². The van der Waals surface area contributed by atoms with E-state index in [0.717, 1.165) is 16.2 Å². The highest BCUT2D eigenvalue weighted by molar-refractivity contribution is 7.99. The molecule has 0 aromatic heterocycles. The van der Waals surface area contributed by atoms with E-state index in [2.05, 4.69) is 54.7 Å². The summed E-state index contributed by atoms with van der Waals surface area (Å²) in [6, 6.07) is 24.1. The van der Waals surface area contributed by atoms with Crippen LogP contribution in [0.15, 0.2) is 88.7 Å². The van der Waals surface area contributed by atoms with Gasteiger partial charge in [0.25, 0.3) is 5.91 Å². The number of anilines is 1. The molecule has 0 radical (unpaired) electrons. The van der Waals surface area contributed by atoms with Crippen LogP contribution in [-0.2, 0) is 4.79 Å². The molecule has 0 aliphatic carbocycles. The van der Waals surface area contributed by atoms with Gasteiger partial charge in [-0.15, -0.1) is 0 Å². The molecule has 32 heavy (non-hydrogen) atoms. The van der Waals surface area contributed by atoms with Gasteiger partial charge < -0.3 is 10.2 Å². The lowest BCUT2D eigenvalue weighted by atomic mass is 9.99. The number of hydrogen-bond acceptors (Lipinski definition) is 3. The van der Waals surface area contributed by atoms with Gasteiger partial charge in [0.2, 0.25) is 5.91 Å². The third-order valence-electron chi connectivity index (χ3n) is 5.43. The van der Waals surface area contributed by atoms with Gasteiger partial charge in [-0.2, -0.15) is 0 Å². The number of rotatable bonds is 5. The fourth-order valence-corrected chi connectivity index (χ4v) is 4.61. The molecule has 4 nitrogen and oxygen atoms in total. The normalized spacial score (nSPS) is 13.4. The predicted molar refractivity (Wildman–Crippen MR) is 131 cm³/mol. The Labute approximate surface area is 193 Å². The summed E-state index contributed by atoms with van der Waals surface area (Å²) in [5, 5.41) is 2.89. The van der Waals surface area contributed by atoms with Crippen molar-refractivity contribution >= 4 is 34.8 Å². The maximum atomic E-state index is 13.2. The lowest BCUT2D eigenvalue weighted by Gasteiger charge is -2.27. The molecule has 1 aliphatic rings. The minimum Gasteiger partial charge on any atom is -0.335 e. The summed E-state index contributed by atoms with van der Waals surface area (Å²) in [4.78, 5) is 28.8. The van der Waals surface area contributed by atoms with Crippen molar-refractivity contribution in [2.24, 2.45) is 0 Å². The third-order valence-corrected chi connectivity index (χ3v) is 6.51. The summed E-state index contributed by atoms with van der Waals surface area (Å²) in [5.41, 5.74) is 4.93. The zero-order valence-corrected chi connectivity index (χ0v) is 19.1. The highest BCUT2D eigenvalue weighted by atomic mass is 32.2. The second kappa shape index (κ2) is 9.88. The molecular weight excluding hydrogens is 416 g/mol. The average molecular weight is 443 g/mol. The Morgan fingerprint density at radius 2 is 1.72 bits per heavy atom. The predicted octanol–water partition coefficient (Wildman–Crippen LogP) is 6.03. The zero-order chi connectivity index (χ0) is 22.5. The van der Waals surface area contributed by atoms with Gasteiger partial charge in [-0.05, 0) is 54.8 Å². The molecule has 4 rings (SSSR count). The molecule has 0 fully saturated rings. The van der Waals surface area contributed by atoms with Crippen LogP contribution in [0.3, 0.4) is 0 Å². The summed E-state index contributed by atoms with van der Waals surface area (Å²) >= 11 is 1.57. The monoisotopic (exact) mass is 442 g/mol. The minimum atomic E-state index is -0.159. The van der Waals surface area contributed by atoms with Gasteiger partial charge in [-0.1, -0.05) is 65.9 Å². The molecular formula is C27H26N2O2S. The summed E-state index contributed by atoms with van der Waals surface area (Å²) in [6.45, 7) is 4.79. The van der Waals surface area contributed by atoms with Crippen LogP contribution in [0.5, 0.6) is 0 Å². The fraction of sp³-hybridized carbons (Fsp3) is 0.185. The number of amides is 2. The Morgan fingerprint density at radius 1 is 0.969 bits per heavy atom. The molecule has 5 heteroatoms. The van der Waals surface area contributed by atoms with Gasteiger partial charge in [-0.3, -0.25) is 9.59 Å². The maximum Gasteiger partial charge on any atom is 0.254 e. The van der Waals surface area contributed by atoms with Crippen molar-refractivity contribution in [3.05, 3.63) is 95.6 Å². The van der Waals surface area contributed by atoms with Gasteiger partial charge >= 0.3 is 0 Å². The zero-order valence-electron chi connectivity index (χ0n) is 18.3. The lowest BCUT2D eigenvalue weighted by Crippen LogP contribution is -2.34. The molecule has 3 aromatic rings. The second-order valence-corrected chi connectivity index (χ2v) is 9.02. The number of aryl methyl sites for hydroxylation is 1. The molecule has 2 amide bonds. The van der Waals surface area contributed by atoms with E-state index in [1.165, 1.54) is 23.6 Å². The largest absolute Gasteiger partial charge is 0.335 e. The Bertz CT molecular complexity index is 1150. The molecule has 1 N–H and O–H groups in total. The van der Waals surface area contributed by atoms with Crippen molar-refractivity contribution in [1.29, 1.82) is 0 Å². The van der Waals surface area contributed by atoms with Crippen LogP contribution >= 0.6 is 11.8 Å². The Morgan fingerprint density at radius 3 is 2.38 bits per heavy atom. The highest BCUT2D eigenvalue weighted by Gasteiger charge is 2.20. The SMILES string of the molecule is CC(=O)Nc1cc(C(=O)N2CC=C(c3ccccc3)CC2)ccc1Sc1ccc(C)cc1. The van der Waals surface area contributed by atoms with Gasteiger partial charge in [0, 0.05) is 35.4 Å². The van der Waals surface area contributed by atoms with E-state index in [1.807, 2.05) is 35.2 Å². The molecule has 0 bridgehead atoms. The van der Waals surface area contributed by atoms with Crippen molar-refractivity contribution in [1.82, 2.24) is 4.90 Å². The topological polar surface area (TPSA) is 49.4 Å². The second-order valence-electron chi connectivity index (χ2n) is 7.90. The molecule has 0 atom stereocenters. The number of hydrogen-bond donors (Lipinski definition) is 1. The first kappa shape index (κ1) is 21.9. The summed E-state index contributed by atoms with van der Waals surface area (Å²) < 4.78 is 0. The van der Waals surface area contributed by atoms with Crippen LogP contribution in [0.1, 0.15) is 34.8 Å². The smallest absolute Gasteiger partial charge is 0.254 e. The molecule has 1 aliphatic heterocycles. The van der Waals surface area contributed by atoms with E-state index >= 15 is 0 Å². The minimum absolute atomic E-state index is 0.0214. The molecule has 0 spiro atoms. The van der Waals surface area contributed by atoms with Crippen molar-refractivity contribution in [2.75, 3.05) is 18.4 Å². The summed E-state index contributed by atoms with van der Waals surface area (Å²) in [5.74, 6) is -0.180. The number of nitrogens with zero attached hydrogens (tertiary/aromatic N) is 1. The molecule has 0 saturated heterocycles. The van der Waals surface area contributed by atoms with Crippen LogP contribution in [0.25, 0.3) is 5.57 Å². The number of carbonyl (C=O) groups excluding carboxylic acids is 2. The van der Waals surface area contributed by atoms with Gasteiger partial charge in [-0.25, -0.2) is 0 Å². The summed E-state index contributed by atoms with van der Waals surface area (Å²) in [6.07, 6.45) is 2.96. The van der Waals surface area contributed by atoms with Crippen LogP contribution in [0.4, 0.5) is 5.69 Å². The van der Waals surface area contributed by atoms with Crippen LogP contribution < -0.4 is 5.32 Å².